The van der Waals surface area contributed by atoms with E-state index >= 15 is 0 Å². The van der Waals surface area contributed by atoms with Gasteiger partial charge >= 0.3 is 0 Å². The summed E-state index contributed by atoms with van der Waals surface area (Å²) >= 11 is 6.07. The largest absolute Gasteiger partial charge is 0.325 e. The molecule has 0 aliphatic heterocycles. The van der Waals surface area contributed by atoms with Crippen molar-refractivity contribution in [1.82, 2.24) is 4.72 Å². The molecule has 0 aromatic heterocycles. The fourth-order valence-corrected chi connectivity index (χ4v) is 5.01. The molecule has 3 aromatic rings. The number of nitrogens with one attached hydrogen (secondary N) is 2. The minimum atomic E-state index is -3.23. The minimum absolute atomic E-state index is 0.0154. The monoisotopic (exact) mass is 482 g/mol. The summed E-state index contributed by atoms with van der Waals surface area (Å²) in [4.78, 5) is 13.5. The summed E-state index contributed by atoms with van der Waals surface area (Å²) in [6.45, 7) is 0.252. The second-order valence-corrected chi connectivity index (χ2v) is 10.9. The summed E-state index contributed by atoms with van der Waals surface area (Å²) in [5.41, 5.74) is 4.07. The maximum atomic E-state index is 13.5. The van der Waals surface area contributed by atoms with Crippen LogP contribution in [0.15, 0.2) is 72.8 Å². The number of rotatable bonds is 7. The van der Waals surface area contributed by atoms with E-state index in [4.69, 9.17) is 11.6 Å². The Morgan fingerprint density at radius 3 is 2.24 bits per heavy atom. The number of anilines is 1. The molecule has 1 fully saturated rings. The molecule has 0 bridgehead atoms. The Morgan fingerprint density at radius 1 is 0.939 bits per heavy atom. The Hall–Kier alpha value is -2.67. The van der Waals surface area contributed by atoms with E-state index in [1.165, 1.54) is 0 Å². The average molecular weight is 483 g/mol. The third-order valence-electron chi connectivity index (χ3n) is 6.23. The standard InChI is InChI=1S/C26H27ClN2O3S/c1-33(31,32)28-18-19-7-9-20(10-8-19)21-5-4-6-24(17-21)29-25(30)26(15-2-3-16-26)22-11-13-23(27)14-12-22/h4-14,17,28H,2-3,15-16,18H2,1H3,(H,29,30). The lowest BCUT2D eigenvalue weighted by molar-refractivity contribution is -0.121. The number of carbonyl (C=O) groups is 1. The first kappa shape index (κ1) is 23.5. The normalized spacial score (nSPS) is 15.3. The third kappa shape index (κ3) is 5.64. The van der Waals surface area contributed by atoms with Crippen molar-refractivity contribution in [2.24, 2.45) is 0 Å². The zero-order valence-corrected chi connectivity index (χ0v) is 20.0. The Labute approximate surface area is 200 Å². The van der Waals surface area contributed by atoms with Crippen LogP contribution in [0.5, 0.6) is 0 Å². The molecule has 0 saturated heterocycles. The molecule has 1 saturated carbocycles. The van der Waals surface area contributed by atoms with Crippen molar-refractivity contribution in [2.75, 3.05) is 11.6 Å². The molecule has 0 heterocycles. The highest BCUT2D eigenvalue weighted by Gasteiger charge is 2.42. The molecule has 0 unspecified atom stereocenters. The summed E-state index contributed by atoms with van der Waals surface area (Å²) in [6, 6.07) is 23.1. The van der Waals surface area contributed by atoms with Gasteiger partial charge in [0.1, 0.15) is 0 Å². The van der Waals surface area contributed by atoms with Crippen molar-refractivity contribution in [1.29, 1.82) is 0 Å². The fraction of sp³-hybridized carbons (Fsp3) is 0.269. The Morgan fingerprint density at radius 2 is 1.61 bits per heavy atom. The molecule has 5 nitrogen and oxygen atoms in total. The van der Waals surface area contributed by atoms with E-state index < -0.39 is 15.4 Å². The predicted octanol–water partition coefficient (Wildman–Crippen LogP) is 5.51. The van der Waals surface area contributed by atoms with E-state index in [1.807, 2.05) is 72.8 Å². The lowest BCUT2D eigenvalue weighted by Crippen LogP contribution is -2.37. The first-order valence-corrected chi connectivity index (χ1v) is 13.2. The molecule has 172 valence electrons. The van der Waals surface area contributed by atoms with Crippen molar-refractivity contribution in [3.8, 4) is 11.1 Å². The number of hydrogen-bond donors (Lipinski definition) is 2. The smallest absolute Gasteiger partial charge is 0.235 e. The molecule has 3 aromatic carbocycles. The topological polar surface area (TPSA) is 75.3 Å². The highest BCUT2D eigenvalue weighted by atomic mass is 35.5. The van der Waals surface area contributed by atoms with Crippen molar-refractivity contribution in [2.45, 2.75) is 37.6 Å². The Bertz CT molecular complexity index is 1230. The van der Waals surface area contributed by atoms with Gasteiger partial charge in [0.2, 0.25) is 15.9 Å². The van der Waals surface area contributed by atoms with Gasteiger partial charge in [0.05, 0.1) is 11.7 Å². The minimum Gasteiger partial charge on any atom is -0.325 e. The zero-order valence-electron chi connectivity index (χ0n) is 18.5. The molecule has 7 heteroatoms. The lowest BCUT2D eigenvalue weighted by Gasteiger charge is -2.28. The van der Waals surface area contributed by atoms with Crippen LogP contribution in [0.1, 0.15) is 36.8 Å². The van der Waals surface area contributed by atoms with Gasteiger partial charge < -0.3 is 5.32 Å². The second-order valence-electron chi connectivity index (χ2n) is 8.62. The predicted molar refractivity (Wildman–Crippen MR) is 134 cm³/mol. The number of carbonyl (C=O) groups excluding carboxylic acids is 1. The van der Waals surface area contributed by atoms with Crippen molar-refractivity contribution in [3.05, 3.63) is 88.9 Å². The van der Waals surface area contributed by atoms with E-state index in [2.05, 4.69) is 10.0 Å². The van der Waals surface area contributed by atoms with E-state index in [9.17, 15) is 13.2 Å². The van der Waals surface area contributed by atoms with Gasteiger partial charge in [-0.25, -0.2) is 13.1 Å². The molecule has 33 heavy (non-hydrogen) atoms. The molecular formula is C26H27ClN2O3S. The van der Waals surface area contributed by atoms with Gasteiger partial charge in [-0.3, -0.25) is 4.79 Å². The Kier molecular flexibility index (Phi) is 6.88. The molecule has 0 radical (unpaired) electrons. The molecule has 1 aliphatic rings. The fourth-order valence-electron chi connectivity index (χ4n) is 4.45. The van der Waals surface area contributed by atoms with Crippen LogP contribution < -0.4 is 10.0 Å². The van der Waals surface area contributed by atoms with Crippen LogP contribution in [0, 0.1) is 0 Å². The van der Waals surface area contributed by atoms with E-state index in [1.54, 1.807) is 0 Å². The second kappa shape index (κ2) is 9.67. The summed E-state index contributed by atoms with van der Waals surface area (Å²) < 4.78 is 25.1. The summed E-state index contributed by atoms with van der Waals surface area (Å²) in [5, 5.41) is 3.81. The van der Waals surface area contributed by atoms with Crippen LogP contribution in [0.3, 0.4) is 0 Å². The molecule has 0 atom stereocenters. The number of halogens is 1. The first-order chi connectivity index (χ1) is 15.7. The molecule has 2 N–H and O–H groups in total. The van der Waals surface area contributed by atoms with Crippen LogP contribution in [0.25, 0.3) is 11.1 Å². The number of benzene rings is 3. The number of sulfonamides is 1. The van der Waals surface area contributed by atoms with Crippen LogP contribution in [-0.4, -0.2) is 20.6 Å². The zero-order chi connectivity index (χ0) is 23.5. The van der Waals surface area contributed by atoms with Crippen LogP contribution in [0.4, 0.5) is 5.69 Å². The molecule has 1 amide bonds. The van der Waals surface area contributed by atoms with E-state index in [-0.39, 0.29) is 12.5 Å². The van der Waals surface area contributed by atoms with E-state index in [0.717, 1.165) is 59.9 Å². The highest BCUT2D eigenvalue weighted by molar-refractivity contribution is 7.88. The van der Waals surface area contributed by atoms with Gasteiger partial charge in [0.15, 0.2) is 0 Å². The van der Waals surface area contributed by atoms with E-state index in [0.29, 0.717) is 5.02 Å². The van der Waals surface area contributed by atoms with Crippen LogP contribution in [0.2, 0.25) is 5.02 Å². The average Bonchev–Trinajstić information content (AvgIpc) is 3.30. The highest BCUT2D eigenvalue weighted by Crippen LogP contribution is 2.42. The first-order valence-electron chi connectivity index (χ1n) is 11.0. The number of hydrogen-bond acceptors (Lipinski definition) is 3. The number of amides is 1. The third-order valence-corrected chi connectivity index (χ3v) is 7.16. The van der Waals surface area contributed by atoms with Gasteiger partial charge in [-0.1, -0.05) is 73.0 Å². The van der Waals surface area contributed by atoms with Crippen molar-refractivity contribution < 1.29 is 13.2 Å². The molecule has 4 rings (SSSR count). The van der Waals surface area contributed by atoms with Gasteiger partial charge in [-0.15, -0.1) is 0 Å². The van der Waals surface area contributed by atoms with Crippen LogP contribution >= 0.6 is 11.6 Å². The maximum absolute atomic E-state index is 13.5. The van der Waals surface area contributed by atoms with Gasteiger partial charge in [-0.05, 0) is 59.4 Å². The van der Waals surface area contributed by atoms with Crippen LogP contribution in [-0.2, 0) is 26.8 Å². The Balaban J connectivity index is 1.52. The van der Waals surface area contributed by atoms with Crippen molar-refractivity contribution >= 4 is 33.2 Å². The molecule has 0 spiro atoms. The lowest BCUT2D eigenvalue weighted by atomic mass is 9.78. The SMILES string of the molecule is CS(=O)(=O)NCc1ccc(-c2cccc(NC(=O)C3(c4ccc(Cl)cc4)CCCC3)c2)cc1. The van der Waals surface area contributed by atoms with Crippen molar-refractivity contribution in [3.63, 3.8) is 0 Å². The summed E-state index contributed by atoms with van der Waals surface area (Å²) in [5.74, 6) is 0.0154. The quantitative estimate of drug-likeness (QED) is 0.466. The van der Waals surface area contributed by atoms with Gasteiger partial charge in [0, 0.05) is 17.3 Å². The maximum Gasteiger partial charge on any atom is 0.235 e. The van der Waals surface area contributed by atoms with Gasteiger partial charge in [-0.2, -0.15) is 0 Å². The van der Waals surface area contributed by atoms with Gasteiger partial charge in [0.25, 0.3) is 0 Å². The molecular weight excluding hydrogens is 456 g/mol. The summed E-state index contributed by atoms with van der Waals surface area (Å²) in [7, 11) is -3.23. The summed E-state index contributed by atoms with van der Waals surface area (Å²) in [6.07, 6.45) is 4.84. The molecule has 1 aliphatic carbocycles.